The fourth-order valence-electron chi connectivity index (χ4n) is 3.30. The first kappa shape index (κ1) is 16.0. The van der Waals surface area contributed by atoms with Crippen LogP contribution < -0.4 is 11.1 Å². The molecule has 0 radical (unpaired) electrons. The molecule has 1 rings (SSSR count). The van der Waals surface area contributed by atoms with Crippen LogP contribution in [0.15, 0.2) is 0 Å². The van der Waals surface area contributed by atoms with Gasteiger partial charge in [0.15, 0.2) is 0 Å². The molecule has 0 aliphatic heterocycles. The average Bonchev–Trinajstić information content (AvgIpc) is 2.36. The predicted molar refractivity (Wildman–Crippen MR) is 76.3 cm³/mol. The zero-order chi connectivity index (χ0) is 14.5. The molecule has 1 fully saturated rings. The molecule has 19 heavy (non-hydrogen) atoms. The lowest BCUT2D eigenvalue weighted by Crippen LogP contribution is -2.51. The fourth-order valence-corrected chi connectivity index (χ4v) is 3.30. The average molecular weight is 268 g/mol. The van der Waals surface area contributed by atoms with Crippen molar-refractivity contribution in [2.75, 3.05) is 6.54 Å². The minimum Gasteiger partial charge on any atom is -0.369 e. The maximum Gasteiger partial charge on any atom is 0.224 e. The second kappa shape index (κ2) is 6.92. The molecule has 1 saturated carbocycles. The molecule has 4 heteroatoms. The molecule has 1 aliphatic rings. The summed E-state index contributed by atoms with van der Waals surface area (Å²) in [4.78, 5) is 24.4. The summed E-state index contributed by atoms with van der Waals surface area (Å²) in [6, 6.07) is 0. The minimum atomic E-state index is -0.623. The van der Waals surface area contributed by atoms with E-state index in [2.05, 4.69) is 19.2 Å². The van der Waals surface area contributed by atoms with Gasteiger partial charge in [-0.15, -0.1) is 0 Å². The van der Waals surface area contributed by atoms with Gasteiger partial charge in [-0.25, -0.2) is 0 Å². The molecule has 0 bridgehead atoms. The van der Waals surface area contributed by atoms with Crippen LogP contribution in [0.1, 0.15) is 59.3 Å². The van der Waals surface area contributed by atoms with E-state index in [1.54, 1.807) is 0 Å². The Labute approximate surface area is 116 Å². The largest absolute Gasteiger partial charge is 0.369 e. The molecule has 4 nitrogen and oxygen atoms in total. The summed E-state index contributed by atoms with van der Waals surface area (Å²) in [5.74, 6) is -0.183. The Morgan fingerprint density at radius 3 is 2.21 bits per heavy atom. The summed E-state index contributed by atoms with van der Waals surface area (Å²) in [7, 11) is 0. The first-order valence-electron chi connectivity index (χ1n) is 7.51. The third kappa shape index (κ3) is 3.71. The normalized spacial score (nSPS) is 20.0. The molecule has 0 spiro atoms. The van der Waals surface area contributed by atoms with Gasteiger partial charge in [-0.05, 0) is 32.1 Å². The van der Waals surface area contributed by atoms with Crippen molar-refractivity contribution >= 4 is 11.8 Å². The summed E-state index contributed by atoms with van der Waals surface area (Å²) >= 11 is 0. The van der Waals surface area contributed by atoms with Crippen LogP contribution in [-0.2, 0) is 9.59 Å². The van der Waals surface area contributed by atoms with Crippen molar-refractivity contribution in [3.05, 3.63) is 0 Å². The lowest BCUT2D eigenvalue weighted by molar-refractivity contribution is -0.143. The summed E-state index contributed by atoms with van der Waals surface area (Å²) in [6.45, 7) is 6.68. The lowest BCUT2D eigenvalue weighted by atomic mass is 9.63. The monoisotopic (exact) mass is 268 g/mol. The topological polar surface area (TPSA) is 72.2 Å². The van der Waals surface area contributed by atoms with E-state index < -0.39 is 5.41 Å². The molecule has 3 N–H and O–H groups in total. The van der Waals surface area contributed by atoms with Gasteiger partial charge in [-0.1, -0.05) is 33.1 Å². The van der Waals surface area contributed by atoms with Gasteiger partial charge < -0.3 is 11.1 Å². The second-order valence-corrected chi connectivity index (χ2v) is 6.16. The Bertz CT molecular complexity index is 320. The summed E-state index contributed by atoms with van der Waals surface area (Å²) in [6.07, 6.45) is 5.38. The number of amides is 2. The van der Waals surface area contributed by atoms with Gasteiger partial charge in [-0.2, -0.15) is 0 Å². The van der Waals surface area contributed by atoms with E-state index >= 15 is 0 Å². The van der Waals surface area contributed by atoms with Crippen LogP contribution in [-0.4, -0.2) is 18.4 Å². The Morgan fingerprint density at radius 2 is 1.79 bits per heavy atom. The zero-order valence-corrected chi connectivity index (χ0v) is 12.5. The lowest BCUT2D eigenvalue weighted by Gasteiger charge is -2.41. The highest BCUT2D eigenvalue weighted by Gasteiger charge is 2.48. The van der Waals surface area contributed by atoms with Crippen molar-refractivity contribution in [2.45, 2.75) is 59.3 Å². The van der Waals surface area contributed by atoms with Crippen LogP contribution in [0.3, 0.4) is 0 Å². The molecule has 0 heterocycles. The van der Waals surface area contributed by atoms with E-state index in [1.165, 1.54) is 0 Å². The van der Waals surface area contributed by atoms with Crippen LogP contribution in [0.2, 0.25) is 0 Å². The third-order valence-electron chi connectivity index (χ3n) is 4.28. The van der Waals surface area contributed by atoms with Gasteiger partial charge in [0.25, 0.3) is 0 Å². The van der Waals surface area contributed by atoms with Crippen molar-refractivity contribution < 1.29 is 9.59 Å². The zero-order valence-electron chi connectivity index (χ0n) is 12.5. The van der Waals surface area contributed by atoms with Crippen LogP contribution in [0, 0.1) is 17.3 Å². The number of hydrogen-bond acceptors (Lipinski definition) is 2. The highest BCUT2D eigenvalue weighted by Crippen LogP contribution is 2.45. The van der Waals surface area contributed by atoms with E-state index in [0.717, 1.165) is 38.5 Å². The van der Waals surface area contributed by atoms with Gasteiger partial charge in [0.05, 0.1) is 11.3 Å². The van der Waals surface area contributed by atoms with E-state index in [9.17, 15) is 9.59 Å². The van der Waals surface area contributed by atoms with Crippen molar-refractivity contribution in [3.8, 4) is 0 Å². The Kier molecular flexibility index (Phi) is 5.83. The predicted octanol–water partition coefficient (Wildman–Crippen LogP) is 2.22. The first-order valence-corrected chi connectivity index (χ1v) is 7.51. The Balaban J connectivity index is 3.02. The number of hydrogen-bond donors (Lipinski definition) is 2. The smallest absolute Gasteiger partial charge is 0.224 e. The summed E-state index contributed by atoms with van der Waals surface area (Å²) in [5.41, 5.74) is 5.07. The van der Waals surface area contributed by atoms with Crippen LogP contribution in [0.4, 0.5) is 0 Å². The highest BCUT2D eigenvalue weighted by molar-refractivity contribution is 5.90. The number of nitrogens with one attached hydrogen (secondary N) is 1. The van der Waals surface area contributed by atoms with E-state index in [4.69, 9.17) is 5.73 Å². The number of carbonyl (C=O) groups excluding carboxylic acids is 2. The summed E-state index contributed by atoms with van der Waals surface area (Å²) in [5, 5.41) is 2.88. The standard InChI is InChI=1S/C15H28N2O2/c1-4-17-13(18)12(10-11(2)3)15(14(16)19)8-6-5-7-9-15/h11-12H,4-10H2,1-3H3,(H2,16,19)(H,17,18). The van der Waals surface area contributed by atoms with E-state index in [-0.39, 0.29) is 17.7 Å². The second-order valence-electron chi connectivity index (χ2n) is 6.16. The highest BCUT2D eigenvalue weighted by atomic mass is 16.2. The molecule has 0 aromatic heterocycles. The van der Waals surface area contributed by atoms with E-state index in [1.807, 2.05) is 6.92 Å². The maximum absolute atomic E-state index is 12.4. The van der Waals surface area contributed by atoms with Crippen LogP contribution in [0.5, 0.6) is 0 Å². The van der Waals surface area contributed by atoms with Crippen molar-refractivity contribution in [1.29, 1.82) is 0 Å². The number of rotatable bonds is 6. The molecular formula is C15H28N2O2. The molecule has 0 aromatic carbocycles. The fraction of sp³-hybridized carbons (Fsp3) is 0.867. The van der Waals surface area contributed by atoms with Gasteiger partial charge in [0, 0.05) is 6.54 Å². The number of nitrogens with two attached hydrogens (primary N) is 1. The third-order valence-corrected chi connectivity index (χ3v) is 4.28. The minimum absolute atomic E-state index is 0.00287. The van der Waals surface area contributed by atoms with Crippen LogP contribution >= 0.6 is 0 Å². The van der Waals surface area contributed by atoms with Gasteiger partial charge in [0.1, 0.15) is 0 Å². The van der Waals surface area contributed by atoms with Gasteiger partial charge >= 0.3 is 0 Å². The van der Waals surface area contributed by atoms with Crippen LogP contribution in [0.25, 0.3) is 0 Å². The molecule has 0 aromatic rings. The van der Waals surface area contributed by atoms with Crippen molar-refractivity contribution in [2.24, 2.45) is 23.0 Å². The summed E-state index contributed by atoms with van der Waals surface area (Å²) < 4.78 is 0. The maximum atomic E-state index is 12.4. The molecule has 1 unspecified atom stereocenters. The SMILES string of the molecule is CCNC(=O)C(CC(C)C)C1(C(N)=O)CCCCC1. The Morgan fingerprint density at radius 1 is 1.21 bits per heavy atom. The van der Waals surface area contributed by atoms with Crippen molar-refractivity contribution in [3.63, 3.8) is 0 Å². The molecule has 0 saturated heterocycles. The number of primary amides is 1. The molecule has 1 atom stereocenters. The van der Waals surface area contributed by atoms with Gasteiger partial charge in [0.2, 0.25) is 11.8 Å². The molecular weight excluding hydrogens is 240 g/mol. The van der Waals surface area contributed by atoms with Gasteiger partial charge in [-0.3, -0.25) is 9.59 Å². The molecule has 110 valence electrons. The molecule has 2 amide bonds. The quantitative estimate of drug-likeness (QED) is 0.775. The van der Waals surface area contributed by atoms with Crippen molar-refractivity contribution in [1.82, 2.24) is 5.32 Å². The number of carbonyl (C=O) groups is 2. The van der Waals surface area contributed by atoms with E-state index in [0.29, 0.717) is 12.5 Å². The Hall–Kier alpha value is -1.06. The first-order chi connectivity index (χ1) is 8.94. The molecule has 1 aliphatic carbocycles.